The number of hydrogen-bond donors (Lipinski definition) is 0. The van der Waals surface area contributed by atoms with Crippen LogP contribution in [0.3, 0.4) is 0 Å². The Morgan fingerprint density at radius 3 is 1.79 bits per heavy atom. The molecular weight excluding hydrogens is 364 g/mol. The van der Waals surface area contributed by atoms with E-state index in [0.717, 1.165) is 12.8 Å². The van der Waals surface area contributed by atoms with Gasteiger partial charge in [-0.2, -0.15) is 0 Å². The number of allylic oxidation sites excluding steroid dienone is 4. The maximum absolute atomic E-state index is 4.25. The Hall–Kier alpha value is -2.34. The second-order valence-corrected chi connectivity index (χ2v) is 14.3. The first-order chi connectivity index (χ1) is 13.7. The van der Waals surface area contributed by atoms with Crippen LogP contribution in [-0.4, -0.2) is 8.07 Å². The van der Waals surface area contributed by atoms with Crippen LogP contribution in [0.2, 0.25) is 19.6 Å². The van der Waals surface area contributed by atoms with Gasteiger partial charge in [-0.05, 0) is 43.0 Å². The van der Waals surface area contributed by atoms with E-state index in [1.54, 1.807) is 0 Å². The second kappa shape index (κ2) is 9.92. The summed E-state index contributed by atoms with van der Waals surface area (Å²) in [6.45, 7) is 18.2. The fraction of sp³-hybridized carbons (Fsp3) is 0.321. The molecule has 1 unspecified atom stereocenters. The lowest BCUT2D eigenvalue weighted by atomic mass is 9.84. The quantitative estimate of drug-likeness (QED) is 0.237. The molecule has 1 heteroatoms. The number of benzene rings is 2. The van der Waals surface area contributed by atoms with Gasteiger partial charge in [0.2, 0.25) is 0 Å². The van der Waals surface area contributed by atoms with Crippen LogP contribution in [0.15, 0.2) is 95.9 Å². The molecule has 0 amide bonds. The molecule has 1 atom stereocenters. The summed E-state index contributed by atoms with van der Waals surface area (Å²) in [6, 6.07) is 21.3. The molecule has 152 valence electrons. The number of hydrogen-bond acceptors (Lipinski definition) is 0. The normalized spacial score (nSPS) is 13.0. The van der Waals surface area contributed by atoms with Gasteiger partial charge in [0.1, 0.15) is 0 Å². The standard InChI is InChI=1S/C28H36Si/c1-8-28(4,21-15-16-23(2)3)27(29(5,6)7)22-26(24-17-11-9-12-18-24)25-19-13-10-14-20-25/h8-14,16-20H,1,15,21H2,2-7H3. The molecule has 0 fully saturated rings. The van der Waals surface area contributed by atoms with Crippen molar-refractivity contribution in [3.8, 4) is 0 Å². The van der Waals surface area contributed by atoms with Crippen LogP contribution in [0.1, 0.15) is 44.7 Å². The fourth-order valence-electron chi connectivity index (χ4n) is 3.82. The van der Waals surface area contributed by atoms with Crippen molar-refractivity contribution in [3.05, 3.63) is 107 Å². The largest absolute Gasteiger partial charge is 0.116 e. The first-order valence-electron chi connectivity index (χ1n) is 10.6. The summed E-state index contributed by atoms with van der Waals surface area (Å²) in [5.74, 6) is 0. The van der Waals surface area contributed by atoms with E-state index in [9.17, 15) is 0 Å². The van der Waals surface area contributed by atoms with Gasteiger partial charge < -0.3 is 0 Å². The van der Waals surface area contributed by atoms with Crippen molar-refractivity contribution in [2.45, 2.75) is 53.3 Å². The summed E-state index contributed by atoms with van der Waals surface area (Å²) in [7, 11) is -1.66. The minimum Gasteiger partial charge on any atom is -0.116 e. The van der Waals surface area contributed by atoms with E-state index in [1.165, 1.54) is 27.5 Å². The van der Waals surface area contributed by atoms with E-state index in [-0.39, 0.29) is 5.41 Å². The lowest BCUT2D eigenvalue weighted by molar-refractivity contribution is 0.491. The van der Waals surface area contributed by atoms with Crippen LogP contribution >= 0.6 is 0 Å². The van der Waals surface area contributed by atoms with Gasteiger partial charge in [0, 0.05) is 11.0 Å². The van der Waals surface area contributed by atoms with Gasteiger partial charge in [0.05, 0.1) is 8.07 Å². The topological polar surface area (TPSA) is 0 Å². The maximum atomic E-state index is 4.25. The molecular formula is C28H36Si. The molecule has 0 saturated heterocycles. The first-order valence-corrected chi connectivity index (χ1v) is 14.1. The molecule has 0 aromatic heterocycles. The smallest absolute Gasteiger partial charge is 0.0835 e. The van der Waals surface area contributed by atoms with E-state index in [0.29, 0.717) is 0 Å². The Morgan fingerprint density at radius 2 is 1.41 bits per heavy atom. The Balaban J connectivity index is 2.78. The van der Waals surface area contributed by atoms with Crippen LogP contribution < -0.4 is 0 Å². The summed E-state index contributed by atoms with van der Waals surface area (Å²) in [5, 5.41) is 1.44. The third kappa shape index (κ3) is 6.32. The maximum Gasteiger partial charge on any atom is 0.0835 e. The van der Waals surface area contributed by atoms with Crippen LogP contribution in [-0.2, 0) is 0 Å². The van der Waals surface area contributed by atoms with Crippen molar-refractivity contribution >= 4 is 13.6 Å². The summed E-state index contributed by atoms with van der Waals surface area (Å²) >= 11 is 0. The zero-order valence-corrected chi connectivity index (χ0v) is 20.0. The molecule has 0 nitrogen and oxygen atoms in total. The molecule has 0 aliphatic rings. The Morgan fingerprint density at radius 1 is 0.931 bits per heavy atom. The molecule has 29 heavy (non-hydrogen) atoms. The molecule has 0 aliphatic carbocycles. The van der Waals surface area contributed by atoms with Gasteiger partial charge in [-0.3, -0.25) is 0 Å². The van der Waals surface area contributed by atoms with E-state index in [4.69, 9.17) is 0 Å². The van der Waals surface area contributed by atoms with Gasteiger partial charge >= 0.3 is 0 Å². The van der Waals surface area contributed by atoms with Crippen molar-refractivity contribution in [1.29, 1.82) is 0 Å². The predicted octanol–water partition coefficient (Wildman–Crippen LogP) is 8.46. The van der Waals surface area contributed by atoms with Crippen molar-refractivity contribution in [3.63, 3.8) is 0 Å². The monoisotopic (exact) mass is 400 g/mol. The molecule has 0 saturated carbocycles. The Bertz CT molecular complexity index is 858. The molecule has 0 N–H and O–H groups in total. The highest BCUT2D eigenvalue weighted by molar-refractivity contribution is 6.83. The second-order valence-electron chi connectivity index (χ2n) is 9.30. The van der Waals surface area contributed by atoms with E-state index < -0.39 is 8.07 Å². The van der Waals surface area contributed by atoms with Crippen molar-refractivity contribution in [1.82, 2.24) is 0 Å². The van der Waals surface area contributed by atoms with Gasteiger partial charge in [-0.1, -0.05) is 105 Å². The molecule has 2 rings (SSSR count). The minimum absolute atomic E-state index is 0.0643. The summed E-state index contributed by atoms with van der Waals surface area (Å²) in [4.78, 5) is 0. The molecule has 0 spiro atoms. The highest BCUT2D eigenvalue weighted by Gasteiger charge is 2.34. The molecule has 0 bridgehead atoms. The van der Waals surface area contributed by atoms with Crippen LogP contribution in [0, 0.1) is 5.41 Å². The Labute approximate surface area is 179 Å². The molecule has 0 heterocycles. The Kier molecular flexibility index (Phi) is 7.85. The minimum atomic E-state index is -1.66. The van der Waals surface area contributed by atoms with E-state index in [1.807, 2.05) is 0 Å². The first kappa shape index (κ1) is 22.9. The predicted molar refractivity (Wildman–Crippen MR) is 133 cm³/mol. The highest BCUT2D eigenvalue weighted by atomic mass is 28.3. The zero-order valence-electron chi connectivity index (χ0n) is 19.0. The van der Waals surface area contributed by atoms with Crippen molar-refractivity contribution < 1.29 is 0 Å². The molecule has 2 aromatic rings. The lowest BCUT2D eigenvalue weighted by Crippen LogP contribution is -2.34. The van der Waals surface area contributed by atoms with E-state index in [2.05, 4.69) is 126 Å². The van der Waals surface area contributed by atoms with E-state index >= 15 is 0 Å². The highest BCUT2D eigenvalue weighted by Crippen LogP contribution is 2.40. The van der Waals surface area contributed by atoms with Crippen molar-refractivity contribution in [2.75, 3.05) is 0 Å². The van der Waals surface area contributed by atoms with Crippen LogP contribution in [0.4, 0.5) is 0 Å². The molecule has 0 radical (unpaired) electrons. The fourth-order valence-corrected chi connectivity index (χ4v) is 6.26. The zero-order chi connectivity index (χ0) is 21.5. The lowest BCUT2D eigenvalue weighted by Gasteiger charge is -2.35. The average molecular weight is 401 g/mol. The van der Waals surface area contributed by atoms with Gasteiger partial charge in [-0.15, -0.1) is 12.3 Å². The number of rotatable bonds is 8. The summed E-state index contributed by atoms with van der Waals surface area (Å²) < 4.78 is 0. The van der Waals surface area contributed by atoms with Crippen LogP contribution in [0.25, 0.3) is 5.57 Å². The third-order valence-corrected chi connectivity index (χ3v) is 7.56. The van der Waals surface area contributed by atoms with Gasteiger partial charge in [0.15, 0.2) is 0 Å². The van der Waals surface area contributed by atoms with Crippen molar-refractivity contribution in [2.24, 2.45) is 5.41 Å². The van der Waals surface area contributed by atoms with Gasteiger partial charge in [-0.25, -0.2) is 0 Å². The molecule has 0 aliphatic heterocycles. The third-order valence-electron chi connectivity index (χ3n) is 5.36. The molecule has 2 aromatic carbocycles. The van der Waals surface area contributed by atoms with Gasteiger partial charge in [0.25, 0.3) is 0 Å². The SMILES string of the molecule is C=CC(C)(CCC=C(C)C)C(=C=C(c1ccccc1)c1ccccc1)[Si](C)(C)C. The average Bonchev–Trinajstić information content (AvgIpc) is 2.68. The summed E-state index contributed by atoms with van der Waals surface area (Å²) in [5.41, 5.74) is 8.88. The summed E-state index contributed by atoms with van der Waals surface area (Å²) in [6.07, 6.45) is 6.61. The van der Waals surface area contributed by atoms with Crippen LogP contribution in [0.5, 0.6) is 0 Å².